The van der Waals surface area contributed by atoms with Crippen LogP contribution in [0.1, 0.15) is 29.2 Å². The van der Waals surface area contributed by atoms with Gasteiger partial charge < -0.3 is 15.6 Å². The van der Waals surface area contributed by atoms with Crippen molar-refractivity contribution in [2.24, 2.45) is 5.73 Å². The van der Waals surface area contributed by atoms with Gasteiger partial charge in [0, 0.05) is 12.6 Å². The van der Waals surface area contributed by atoms with Gasteiger partial charge in [0.05, 0.1) is 17.4 Å². The molecule has 1 amide bonds. The Morgan fingerprint density at radius 1 is 1.50 bits per heavy atom. The van der Waals surface area contributed by atoms with E-state index in [4.69, 9.17) is 5.73 Å². The molecule has 0 aliphatic carbocycles. The maximum absolute atomic E-state index is 11.4. The minimum atomic E-state index is -0.424. The fraction of sp³-hybridized carbons (Fsp3) is 0.385. The van der Waals surface area contributed by atoms with Crippen LogP contribution in [0.5, 0.6) is 0 Å². The fourth-order valence-electron chi connectivity index (χ4n) is 2.62. The first kappa shape index (κ1) is 11.2. The van der Waals surface area contributed by atoms with Gasteiger partial charge >= 0.3 is 0 Å². The highest BCUT2D eigenvalue weighted by Gasteiger charge is 2.18. The number of para-hydroxylation sites is 1. The third-order valence-electron chi connectivity index (χ3n) is 3.53. The Morgan fingerprint density at radius 2 is 2.39 bits per heavy atom. The second kappa shape index (κ2) is 4.42. The molecule has 5 heteroatoms. The summed E-state index contributed by atoms with van der Waals surface area (Å²) in [4.78, 5) is 15.7. The van der Waals surface area contributed by atoms with Crippen molar-refractivity contribution in [3.8, 4) is 0 Å². The van der Waals surface area contributed by atoms with Crippen LogP contribution in [0.25, 0.3) is 11.0 Å². The maximum Gasteiger partial charge on any atom is 0.250 e. The topological polar surface area (TPSA) is 72.9 Å². The average molecular weight is 244 g/mol. The van der Waals surface area contributed by atoms with E-state index in [9.17, 15) is 4.79 Å². The van der Waals surface area contributed by atoms with Gasteiger partial charge in [-0.1, -0.05) is 6.07 Å². The van der Waals surface area contributed by atoms with Crippen LogP contribution in [-0.4, -0.2) is 28.5 Å². The molecule has 2 aromatic rings. The molecule has 94 valence electrons. The number of nitrogens with two attached hydrogens (primary N) is 1. The molecule has 18 heavy (non-hydrogen) atoms. The first-order chi connectivity index (χ1) is 8.77. The number of carbonyl (C=O) groups is 1. The lowest BCUT2D eigenvalue weighted by Crippen LogP contribution is -2.31. The van der Waals surface area contributed by atoms with Gasteiger partial charge in [-0.3, -0.25) is 4.79 Å². The first-order valence-corrected chi connectivity index (χ1v) is 6.23. The SMILES string of the molecule is NC(=O)c1cccc2c1ncn2C1CCCNC1. The van der Waals surface area contributed by atoms with E-state index in [-0.39, 0.29) is 0 Å². The molecule has 0 saturated carbocycles. The minimum Gasteiger partial charge on any atom is -0.366 e. The number of carbonyl (C=O) groups excluding carboxylic acids is 1. The van der Waals surface area contributed by atoms with Gasteiger partial charge in [0.25, 0.3) is 5.91 Å². The number of benzene rings is 1. The van der Waals surface area contributed by atoms with Crippen LogP contribution >= 0.6 is 0 Å². The molecule has 0 spiro atoms. The van der Waals surface area contributed by atoms with Gasteiger partial charge in [0.15, 0.2) is 0 Å². The van der Waals surface area contributed by atoms with Crippen LogP contribution in [0, 0.1) is 0 Å². The van der Waals surface area contributed by atoms with Crippen molar-refractivity contribution in [3.05, 3.63) is 30.1 Å². The molecule has 0 radical (unpaired) electrons. The Hall–Kier alpha value is -1.88. The third-order valence-corrected chi connectivity index (χ3v) is 3.53. The molecule has 1 atom stereocenters. The van der Waals surface area contributed by atoms with Gasteiger partial charge in [-0.2, -0.15) is 0 Å². The molecule has 1 aliphatic heterocycles. The van der Waals surface area contributed by atoms with Crippen molar-refractivity contribution < 1.29 is 4.79 Å². The fourth-order valence-corrected chi connectivity index (χ4v) is 2.62. The monoisotopic (exact) mass is 244 g/mol. The number of hydrogen-bond donors (Lipinski definition) is 2. The number of aromatic nitrogens is 2. The van der Waals surface area contributed by atoms with E-state index in [1.165, 1.54) is 6.42 Å². The molecule has 1 aliphatic rings. The van der Waals surface area contributed by atoms with Gasteiger partial charge in [-0.05, 0) is 31.5 Å². The average Bonchev–Trinajstić information content (AvgIpc) is 2.83. The zero-order chi connectivity index (χ0) is 12.5. The van der Waals surface area contributed by atoms with Crippen LogP contribution in [0.2, 0.25) is 0 Å². The summed E-state index contributed by atoms with van der Waals surface area (Å²) in [5.41, 5.74) is 7.55. The van der Waals surface area contributed by atoms with Crippen molar-refractivity contribution in [1.82, 2.24) is 14.9 Å². The second-order valence-electron chi connectivity index (χ2n) is 4.69. The van der Waals surface area contributed by atoms with Gasteiger partial charge in [0.1, 0.15) is 5.52 Å². The van der Waals surface area contributed by atoms with E-state index < -0.39 is 5.91 Å². The number of hydrogen-bond acceptors (Lipinski definition) is 3. The molecule has 1 fully saturated rings. The summed E-state index contributed by atoms with van der Waals surface area (Å²) in [5, 5.41) is 3.38. The van der Waals surface area contributed by atoms with E-state index in [0.29, 0.717) is 17.1 Å². The molecule has 3 rings (SSSR count). The Bertz CT molecular complexity index is 584. The van der Waals surface area contributed by atoms with Crippen LogP contribution in [0.15, 0.2) is 24.5 Å². The number of nitrogens with one attached hydrogen (secondary N) is 1. The highest BCUT2D eigenvalue weighted by atomic mass is 16.1. The van der Waals surface area contributed by atoms with Crippen LogP contribution in [-0.2, 0) is 0 Å². The van der Waals surface area contributed by atoms with Gasteiger partial charge in [-0.15, -0.1) is 0 Å². The Morgan fingerprint density at radius 3 is 3.11 bits per heavy atom. The molecule has 1 saturated heterocycles. The zero-order valence-electron chi connectivity index (χ0n) is 10.1. The summed E-state index contributed by atoms with van der Waals surface area (Å²) in [6.07, 6.45) is 4.12. The number of fused-ring (bicyclic) bond motifs is 1. The normalized spacial score (nSPS) is 20.1. The van der Waals surface area contributed by atoms with E-state index in [1.807, 2.05) is 18.5 Å². The molecule has 1 aromatic carbocycles. The summed E-state index contributed by atoms with van der Waals surface area (Å²) >= 11 is 0. The van der Waals surface area contributed by atoms with E-state index in [1.54, 1.807) is 6.07 Å². The predicted octanol–water partition coefficient (Wildman–Crippen LogP) is 1.06. The van der Waals surface area contributed by atoms with Crippen molar-refractivity contribution in [2.75, 3.05) is 13.1 Å². The third kappa shape index (κ3) is 1.76. The predicted molar refractivity (Wildman–Crippen MR) is 69.4 cm³/mol. The smallest absolute Gasteiger partial charge is 0.250 e. The first-order valence-electron chi connectivity index (χ1n) is 6.23. The minimum absolute atomic E-state index is 0.409. The summed E-state index contributed by atoms with van der Waals surface area (Å²) in [6, 6.07) is 5.98. The summed E-state index contributed by atoms with van der Waals surface area (Å²) in [7, 11) is 0. The summed E-state index contributed by atoms with van der Waals surface area (Å²) in [5.74, 6) is -0.424. The summed E-state index contributed by atoms with van der Waals surface area (Å²) in [6.45, 7) is 2.03. The number of amides is 1. The lowest BCUT2D eigenvalue weighted by Gasteiger charge is -2.24. The maximum atomic E-state index is 11.4. The second-order valence-corrected chi connectivity index (χ2v) is 4.69. The number of imidazole rings is 1. The number of primary amides is 1. The number of nitrogens with zero attached hydrogens (tertiary/aromatic N) is 2. The standard InChI is InChI=1S/C13H16N4O/c14-13(18)10-4-1-5-11-12(10)16-8-17(11)9-3-2-6-15-7-9/h1,4-5,8-9,15H,2-3,6-7H2,(H2,14,18). The van der Waals surface area contributed by atoms with E-state index in [0.717, 1.165) is 25.0 Å². The molecule has 0 bridgehead atoms. The highest BCUT2D eigenvalue weighted by Crippen LogP contribution is 2.24. The lowest BCUT2D eigenvalue weighted by molar-refractivity contribution is 0.100. The van der Waals surface area contributed by atoms with Crippen molar-refractivity contribution >= 4 is 16.9 Å². The molecule has 3 N–H and O–H groups in total. The molecule has 1 unspecified atom stereocenters. The lowest BCUT2D eigenvalue weighted by atomic mass is 10.1. The summed E-state index contributed by atoms with van der Waals surface area (Å²) < 4.78 is 2.15. The number of piperidine rings is 1. The molecular weight excluding hydrogens is 228 g/mol. The molecule has 5 nitrogen and oxygen atoms in total. The zero-order valence-corrected chi connectivity index (χ0v) is 10.1. The van der Waals surface area contributed by atoms with Gasteiger partial charge in [-0.25, -0.2) is 4.98 Å². The van der Waals surface area contributed by atoms with E-state index >= 15 is 0 Å². The van der Waals surface area contributed by atoms with Crippen LogP contribution in [0.4, 0.5) is 0 Å². The largest absolute Gasteiger partial charge is 0.366 e. The van der Waals surface area contributed by atoms with Gasteiger partial charge in [0.2, 0.25) is 0 Å². The Kier molecular flexibility index (Phi) is 2.76. The Balaban J connectivity index is 2.08. The molecular formula is C13H16N4O. The van der Waals surface area contributed by atoms with Crippen molar-refractivity contribution in [3.63, 3.8) is 0 Å². The molecule has 2 heterocycles. The highest BCUT2D eigenvalue weighted by molar-refractivity contribution is 6.04. The Labute approximate surface area is 105 Å². The van der Waals surface area contributed by atoms with E-state index in [2.05, 4.69) is 14.9 Å². The van der Waals surface area contributed by atoms with Crippen molar-refractivity contribution in [1.29, 1.82) is 0 Å². The van der Waals surface area contributed by atoms with Crippen LogP contribution in [0.3, 0.4) is 0 Å². The molecule has 1 aromatic heterocycles. The van der Waals surface area contributed by atoms with Crippen LogP contribution < -0.4 is 11.1 Å². The quantitative estimate of drug-likeness (QED) is 0.829. The number of rotatable bonds is 2. The van der Waals surface area contributed by atoms with Crippen molar-refractivity contribution in [2.45, 2.75) is 18.9 Å².